The van der Waals surface area contributed by atoms with Gasteiger partial charge in [-0.25, -0.2) is 8.78 Å². The molecule has 114 valence electrons. The second kappa shape index (κ2) is 8.87. The van der Waals surface area contributed by atoms with E-state index in [2.05, 4.69) is 5.32 Å². The van der Waals surface area contributed by atoms with Crippen molar-refractivity contribution in [1.29, 1.82) is 0 Å². The summed E-state index contributed by atoms with van der Waals surface area (Å²) in [6, 6.07) is 2.80. The van der Waals surface area contributed by atoms with Crippen LogP contribution in [0, 0.1) is 11.6 Å². The fourth-order valence-electron chi connectivity index (χ4n) is 1.85. The van der Waals surface area contributed by atoms with Gasteiger partial charge in [0.25, 0.3) is 0 Å². The maximum absolute atomic E-state index is 13.6. The first-order valence-electron chi connectivity index (χ1n) is 6.32. The molecule has 0 aliphatic rings. The predicted octanol–water partition coefficient (Wildman–Crippen LogP) is 2.91. The first-order valence-corrected chi connectivity index (χ1v) is 6.32. The molecule has 0 saturated carbocycles. The Morgan fingerprint density at radius 3 is 2.65 bits per heavy atom. The van der Waals surface area contributed by atoms with Gasteiger partial charge in [-0.2, -0.15) is 0 Å². The number of carbonyl (C=O) groups is 1. The Labute approximate surface area is 124 Å². The third-order valence-electron chi connectivity index (χ3n) is 3.20. The van der Waals surface area contributed by atoms with Gasteiger partial charge in [0.2, 0.25) is 5.91 Å². The minimum atomic E-state index is -0.501. The highest BCUT2D eigenvalue weighted by atomic mass is 35.5. The quantitative estimate of drug-likeness (QED) is 0.820. The second-order valence-corrected chi connectivity index (χ2v) is 4.55. The van der Waals surface area contributed by atoms with Gasteiger partial charge in [-0.1, -0.05) is 0 Å². The van der Waals surface area contributed by atoms with Crippen LogP contribution in [-0.4, -0.2) is 31.4 Å². The van der Waals surface area contributed by atoms with E-state index in [1.54, 1.807) is 14.0 Å². The molecule has 0 radical (unpaired) electrons. The summed E-state index contributed by atoms with van der Waals surface area (Å²) in [6.07, 6.45) is 1.11. The molecule has 1 unspecified atom stereocenters. The Morgan fingerprint density at radius 1 is 1.40 bits per heavy atom. The van der Waals surface area contributed by atoms with Crippen LogP contribution in [0.25, 0.3) is 0 Å². The first-order chi connectivity index (χ1) is 8.97. The zero-order chi connectivity index (χ0) is 14.4. The SMILES string of the molecule is CNCCCC(=O)N(C)C(C)c1cc(F)ccc1F.Cl. The lowest BCUT2D eigenvalue weighted by atomic mass is 10.1. The van der Waals surface area contributed by atoms with Crippen LogP contribution in [0.3, 0.4) is 0 Å². The zero-order valence-electron chi connectivity index (χ0n) is 12.0. The molecule has 1 aromatic carbocycles. The molecular weight excluding hydrogens is 286 g/mol. The van der Waals surface area contributed by atoms with E-state index in [-0.39, 0.29) is 23.9 Å². The number of nitrogens with one attached hydrogen (secondary N) is 1. The maximum Gasteiger partial charge on any atom is 0.222 e. The van der Waals surface area contributed by atoms with Gasteiger partial charge in [0.1, 0.15) is 11.6 Å². The van der Waals surface area contributed by atoms with E-state index in [9.17, 15) is 13.6 Å². The van der Waals surface area contributed by atoms with Gasteiger partial charge in [0.15, 0.2) is 0 Å². The molecule has 0 fully saturated rings. The molecule has 0 heterocycles. The average Bonchev–Trinajstić information content (AvgIpc) is 2.40. The van der Waals surface area contributed by atoms with Crippen LogP contribution in [-0.2, 0) is 4.79 Å². The molecule has 0 aliphatic carbocycles. The molecule has 3 nitrogen and oxygen atoms in total. The lowest BCUT2D eigenvalue weighted by molar-refractivity contribution is -0.131. The molecule has 0 spiro atoms. The molecular formula is C14H21ClF2N2O. The van der Waals surface area contributed by atoms with Crippen molar-refractivity contribution in [3.05, 3.63) is 35.4 Å². The molecule has 1 N–H and O–H groups in total. The Balaban J connectivity index is 0.00000361. The average molecular weight is 307 g/mol. The molecule has 1 amide bonds. The predicted molar refractivity (Wildman–Crippen MR) is 78.0 cm³/mol. The van der Waals surface area contributed by atoms with Crippen molar-refractivity contribution in [2.24, 2.45) is 0 Å². The van der Waals surface area contributed by atoms with Crippen molar-refractivity contribution in [2.45, 2.75) is 25.8 Å². The molecule has 0 bridgehead atoms. The van der Waals surface area contributed by atoms with Gasteiger partial charge in [-0.15, -0.1) is 12.4 Å². The minimum Gasteiger partial charge on any atom is -0.339 e. The topological polar surface area (TPSA) is 32.3 Å². The van der Waals surface area contributed by atoms with Gasteiger partial charge in [0, 0.05) is 19.0 Å². The third-order valence-corrected chi connectivity index (χ3v) is 3.20. The minimum absolute atomic E-state index is 0. The maximum atomic E-state index is 13.6. The Kier molecular flexibility index (Phi) is 8.34. The fraction of sp³-hybridized carbons (Fsp3) is 0.500. The van der Waals surface area contributed by atoms with Gasteiger partial charge in [-0.3, -0.25) is 4.79 Å². The van der Waals surface area contributed by atoms with Gasteiger partial charge < -0.3 is 10.2 Å². The van der Waals surface area contributed by atoms with Crippen molar-refractivity contribution < 1.29 is 13.6 Å². The summed E-state index contributed by atoms with van der Waals surface area (Å²) in [5, 5.41) is 2.96. The van der Waals surface area contributed by atoms with Crippen molar-refractivity contribution in [2.75, 3.05) is 20.6 Å². The van der Waals surface area contributed by atoms with Crippen LogP contribution in [0.5, 0.6) is 0 Å². The summed E-state index contributed by atoms with van der Waals surface area (Å²) in [5.41, 5.74) is 0.199. The van der Waals surface area contributed by atoms with E-state index in [1.807, 2.05) is 7.05 Å². The van der Waals surface area contributed by atoms with Gasteiger partial charge >= 0.3 is 0 Å². The largest absolute Gasteiger partial charge is 0.339 e. The smallest absolute Gasteiger partial charge is 0.222 e. The number of hydrogen-bond donors (Lipinski definition) is 1. The Morgan fingerprint density at radius 2 is 2.05 bits per heavy atom. The highest BCUT2D eigenvalue weighted by Gasteiger charge is 2.20. The lowest BCUT2D eigenvalue weighted by Crippen LogP contribution is -2.30. The summed E-state index contributed by atoms with van der Waals surface area (Å²) >= 11 is 0. The number of carbonyl (C=O) groups excluding carboxylic acids is 1. The van der Waals surface area contributed by atoms with Gasteiger partial charge in [-0.05, 0) is 45.1 Å². The lowest BCUT2D eigenvalue weighted by Gasteiger charge is -2.25. The summed E-state index contributed by atoms with van der Waals surface area (Å²) in [5.74, 6) is -1.07. The van der Waals surface area contributed by atoms with Crippen molar-refractivity contribution in [1.82, 2.24) is 10.2 Å². The van der Waals surface area contributed by atoms with Crippen LogP contribution in [0.2, 0.25) is 0 Å². The van der Waals surface area contributed by atoms with E-state index >= 15 is 0 Å². The highest BCUT2D eigenvalue weighted by Crippen LogP contribution is 2.23. The Bertz CT molecular complexity index is 443. The van der Waals surface area contributed by atoms with Crippen molar-refractivity contribution in [3.63, 3.8) is 0 Å². The Hall–Kier alpha value is -1.20. The molecule has 1 rings (SSSR count). The fourth-order valence-corrected chi connectivity index (χ4v) is 1.85. The summed E-state index contributed by atoms with van der Waals surface area (Å²) in [7, 11) is 3.43. The number of hydrogen-bond acceptors (Lipinski definition) is 2. The first kappa shape index (κ1) is 18.8. The third kappa shape index (κ3) is 5.06. The molecule has 0 aromatic heterocycles. The van der Waals surface area contributed by atoms with Crippen molar-refractivity contribution >= 4 is 18.3 Å². The van der Waals surface area contributed by atoms with Crippen molar-refractivity contribution in [3.8, 4) is 0 Å². The van der Waals surface area contributed by atoms with E-state index in [1.165, 1.54) is 4.90 Å². The number of halogens is 3. The van der Waals surface area contributed by atoms with E-state index < -0.39 is 17.7 Å². The normalized spacial score (nSPS) is 11.7. The summed E-state index contributed by atoms with van der Waals surface area (Å²) in [4.78, 5) is 13.4. The van der Waals surface area contributed by atoms with Gasteiger partial charge in [0.05, 0.1) is 6.04 Å². The number of rotatable bonds is 6. The molecule has 1 atom stereocenters. The van der Waals surface area contributed by atoms with E-state index in [4.69, 9.17) is 0 Å². The number of nitrogens with zero attached hydrogens (tertiary/aromatic N) is 1. The monoisotopic (exact) mass is 306 g/mol. The highest BCUT2D eigenvalue weighted by molar-refractivity contribution is 5.85. The van der Waals surface area contributed by atoms with Crippen LogP contribution in [0.1, 0.15) is 31.4 Å². The number of amides is 1. The number of benzene rings is 1. The molecule has 0 saturated heterocycles. The van der Waals surface area contributed by atoms with E-state index in [0.29, 0.717) is 6.42 Å². The standard InChI is InChI=1S/C14H20F2N2O.ClH/c1-10(12-9-11(15)6-7-13(12)16)18(3)14(19)5-4-8-17-2;/h6-7,9-10,17H,4-5,8H2,1-3H3;1H. The molecule has 6 heteroatoms. The van der Waals surface area contributed by atoms with E-state index in [0.717, 1.165) is 31.2 Å². The molecule has 0 aliphatic heterocycles. The molecule has 1 aromatic rings. The van der Waals surface area contributed by atoms with Crippen LogP contribution >= 0.6 is 12.4 Å². The molecule has 20 heavy (non-hydrogen) atoms. The summed E-state index contributed by atoms with van der Waals surface area (Å²) in [6.45, 7) is 2.44. The van der Waals surface area contributed by atoms with Crippen LogP contribution in [0.15, 0.2) is 18.2 Å². The zero-order valence-corrected chi connectivity index (χ0v) is 12.8. The van der Waals surface area contributed by atoms with Crippen LogP contribution in [0.4, 0.5) is 8.78 Å². The summed E-state index contributed by atoms with van der Waals surface area (Å²) < 4.78 is 26.8. The van der Waals surface area contributed by atoms with Crippen LogP contribution < -0.4 is 5.32 Å². The second-order valence-electron chi connectivity index (χ2n) is 4.55.